The maximum atomic E-state index is 12.3. The number of hydrogen-bond acceptors (Lipinski definition) is 5. The van der Waals surface area contributed by atoms with Crippen LogP contribution in [0.4, 0.5) is 0 Å². The Balaban J connectivity index is 2.22. The van der Waals surface area contributed by atoms with Crippen LogP contribution in [0.15, 0.2) is 41.7 Å². The molecule has 0 aliphatic heterocycles. The van der Waals surface area contributed by atoms with Crippen LogP contribution in [-0.4, -0.2) is 27.4 Å². The summed E-state index contributed by atoms with van der Waals surface area (Å²) in [6, 6.07) is 5.13. The molecule has 0 N–H and O–H groups in total. The molecule has 0 atom stereocenters. The lowest BCUT2D eigenvalue weighted by Crippen LogP contribution is -2.24. The second-order valence-corrected chi connectivity index (χ2v) is 4.81. The molecule has 0 unspecified atom stereocenters. The molecule has 0 aliphatic rings. The Morgan fingerprint density at radius 1 is 1.37 bits per heavy atom. The molecule has 0 bridgehead atoms. The van der Waals surface area contributed by atoms with E-state index in [4.69, 9.17) is 0 Å². The molecule has 96 valence electrons. The molecule has 0 amide bonds. The summed E-state index contributed by atoms with van der Waals surface area (Å²) in [5.41, 5.74) is -0.229. The molecule has 3 aromatic rings. The van der Waals surface area contributed by atoms with Crippen LogP contribution in [0.3, 0.4) is 0 Å². The lowest BCUT2D eigenvalue weighted by Gasteiger charge is -2.04. The van der Waals surface area contributed by atoms with Crippen molar-refractivity contribution >= 4 is 27.5 Å². The summed E-state index contributed by atoms with van der Waals surface area (Å²) in [5, 5.41) is 0.404. The molecule has 0 radical (unpaired) electrons. The van der Waals surface area contributed by atoms with E-state index in [1.807, 2.05) is 12.1 Å². The first-order valence-electron chi connectivity index (χ1n) is 5.44. The van der Waals surface area contributed by atoms with Gasteiger partial charge in [-0.05, 0) is 18.2 Å². The summed E-state index contributed by atoms with van der Waals surface area (Å²) in [7, 11) is 1.30. The van der Waals surface area contributed by atoms with E-state index in [9.17, 15) is 9.59 Å². The predicted molar refractivity (Wildman–Crippen MR) is 70.4 cm³/mol. The normalized spacial score (nSPS) is 10.8. The second-order valence-electron chi connectivity index (χ2n) is 3.78. The molecule has 0 aromatic carbocycles. The Bertz CT molecular complexity index is 801. The number of esters is 1. The van der Waals surface area contributed by atoms with Gasteiger partial charge < -0.3 is 4.74 Å². The minimum absolute atomic E-state index is 0.229. The average molecular weight is 275 g/mol. The Labute approximate surface area is 111 Å². The van der Waals surface area contributed by atoms with Crippen LogP contribution in [0.5, 0.6) is 0 Å². The van der Waals surface area contributed by atoms with E-state index < -0.39 is 5.97 Å². The van der Waals surface area contributed by atoms with Crippen molar-refractivity contribution in [2.75, 3.05) is 7.11 Å². The van der Waals surface area contributed by atoms with Gasteiger partial charge in [0.05, 0.1) is 12.5 Å². The molecular formula is C12H9N3O3S. The Morgan fingerprint density at radius 2 is 2.11 bits per heavy atom. The summed E-state index contributed by atoms with van der Waals surface area (Å²) in [4.78, 5) is 28.8. The van der Waals surface area contributed by atoms with Crippen LogP contribution < -0.4 is 5.56 Å². The number of thiophene rings is 1. The smallest absolute Gasteiger partial charge is 0.348 e. The number of fused-ring (bicyclic) bond motifs is 1. The molecule has 0 aliphatic carbocycles. The molecule has 0 saturated heterocycles. The first kappa shape index (κ1) is 11.7. The van der Waals surface area contributed by atoms with E-state index in [2.05, 4.69) is 9.72 Å². The maximum absolute atomic E-state index is 12.3. The number of carbonyl (C=O) groups is 1. The second kappa shape index (κ2) is 4.36. The number of aromatic nitrogens is 3. The summed E-state index contributed by atoms with van der Waals surface area (Å²) >= 11 is 1.14. The first-order chi connectivity index (χ1) is 9.20. The van der Waals surface area contributed by atoms with Gasteiger partial charge in [0.2, 0.25) is 0 Å². The van der Waals surface area contributed by atoms with Gasteiger partial charge in [-0.3, -0.25) is 9.47 Å². The summed E-state index contributed by atoms with van der Waals surface area (Å²) < 4.78 is 7.62. The highest BCUT2D eigenvalue weighted by atomic mass is 32.1. The minimum atomic E-state index is -0.463. The van der Waals surface area contributed by atoms with Gasteiger partial charge in [0.1, 0.15) is 16.0 Å². The highest BCUT2D eigenvalue weighted by molar-refractivity contribution is 7.20. The van der Waals surface area contributed by atoms with Crippen molar-refractivity contribution in [3.63, 3.8) is 0 Å². The Kier molecular flexibility index (Phi) is 2.68. The molecule has 3 rings (SSSR count). The molecule has 0 spiro atoms. The third kappa shape index (κ3) is 1.84. The maximum Gasteiger partial charge on any atom is 0.348 e. The number of ether oxygens (including phenoxy) is 1. The SMILES string of the molecule is COC(=O)c1cc2c(=O)n(-n3cccc3)cnc2s1. The largest absolute Gasteiger partial charge is 0.465 e. The number of carbonyl (C=O) groups excluding carboxylic acids is 1. The van der Waals surface area contributed by atoms with Gasteiger partial charge in [-0.2, -0.15) is 0 Å². The van der Waals surface area contributed by atoms with Gasteiger partial charge in [-0.1, -0.05) is 0 Å². The van der Waals surface area contributed by atoms with Crippen molar-refractivity contribution < 1.29 is 9.53 Å². The van der Waals surface area contributed by atoms with Crippen molar-refractivity contribution in [3.8, 4) is 0 Å². The van der Waals surface area contributed by atoms with E-state index in [0.717, 1.165) is 11.3 Å². The van der Waals surface area contributed by atoms with E-state index in [-0.39, 0.29) is 5.56 Å². The van der Waals surface area contributed by atoms with Crippen molar-refractivity contribution in [2.24, 2.45) is 0 Å². The van der Waals surface area contributed by atoms with E-state index in [1.165, 1.54) is 24.2 Å². The molecular weight excluding hydrogens is 266 g/mol. The fraction of sp³-hybridized carbons (Fsp3) is 0.0833. The zero-order valence-corrected chi connectivity index (χ0v) is 10.8. The highest BCUT2D eigenvalue weighted by Gasteiger charge is 2.14. The van der Waals surface area contributed by atoms with Crippen LogP contribution in [0.2, 0.25) is 0 Å². The minimum Gasteiger partial charge on any atom is -0.465 e. The van der Waals surface area contributed by atoms with Crippen LogP contribution in [0, 0.1) is 0 Å². The van der Waals surface area contributed by atoms with Crippen LogP contribution in [-0.2, 0) is 4.74 Å². The zero-order valence-electron chi connectivity index (χ0n) is 9.94. The lowest BCUT2D eigenvalue weighted by atomic mass is 10.3. The van der Waals surface area contributed by atoms with Gasteiger partial charge in [-0.25, -0.2) is 14.5 Å². The summed E-state index contributed by atoms with van der Waals surface area (Å²) in [5.74, 6) is -0.463. The van der Waals surface area contributed by atoms with Crippen LogP contribution >= 0.6 is 11.3 Å². The van der Waals surface area contributed by atoms with Crippen molar-refractivity contribution in [2.45, 2.75) is 0 Å². The Hall–Kier alpha value is -2.41. The fourth-order valence-electron chi connectivity index (χ4n) is 1.75. The number of rotatable bonds is 2. The molecule has 6 nitrogen and oxygen atoms in total. The molecule has 0 fully saturated rings. The van der Waals surface area contributed by atoms with Crippen molar-refractivity contribution in [1.29, 1.82) is 0 Å². The first-order valence-corrected chi connectivity index (χ1v) is 6.25. The third-order valence-corrected chi connectivity index (χ3v) is 3.68. The topological polar surface area (TPSA) is 66.1 Å². The average Bonchev–Trinajstić information content (AvgIpc) is 3.07. The van der Waals surface area contributed by atoms with Crippen LogP contribution in [0.1, 0.15) is 9.67 Å². The molecule has 3 heterocycles. The fourth-order valence-corrected chi connectivity index (χ4v) is 2.66. The molecule has 3 aromatic heterocycles. The lowest BCUT2D eigenvalue weighted by molar-refractivity contribution is 0.0606. The molecule has 7 heteroatoms. The number of hydrogen-bond donors (Lipinski definition) is 0. The highest BCUT2D eigenvalue weighted by Crippen LogP contribution is 2.21. The summed E-state index contributed by atoms with van der Waals surface area (Å²) in [6.07, 6.45) is 4.91. The summed E-state index contributed by atoms with van der Waals surface area (Å²) in [6.45, 7) is 0. The van der Waals surface area contributed by atoms with Crippen molar-refractivity contribution in [1.82, 2.24) is 14.3 Å². The van der Waals surface area contributed by atoms with Gasteiger partial charge >= 0.3 is 5.97 Å². The van der Waals surface area contributed by atoms with Gasteiger partial charge in [0.15, 0.2) is 0 Å². The Morgan fingerprint density at radius 3 is 2.79 bits per heavy atom. The van der Waals surface area contributed by atoms with E-state index in [0.29, 0.717) is 15.1 Å². The van der Waals surface area contributed by atoms with Crippen molar-refractivity contribution in [3.05, 3.63) is 52.2 Å². The van der Waals surface area contributed by atoms with E-state index >= 15 is 0 Å². The third-order valence-electron chi connectivity index (χ3n) is 2.66. The number of nitrogens with zero attached hydrogens (tertiary/aromatic N) is 3. The molecule has 19 heavy (non-hydrogen) atoms. The van der Waals surface area contributed by atoms with Gasteiger partial charge in [-0.15, -0.1) is 11.3 Å². The monoisotopic (exact) mass is 275 g/mol. The van der Waals surface area contributed by atoms with Crippen LogP contribution in [0.25, 0.3) is 10.2 Å². The van der Waals surface area contributed by atoms with E-state index in [1.54, 1.807) is 17.1 Å². The zero-order chi connectivity index (χ0) is 13.4. The van der Waals surface area contributed by atoms with Gasteiger partial charge in [0, 0.05) is 12.4 Å². The quantitative estimate of drug-likeness (QED) is 0.662. The molecule has 0 saturated carbocycles. The number of methoxy groups -OCH3 is 1. The standard InChI is InChI=1S/C12H9N3O3S/c1-18-12(17)9-6-8-10(19-9)13-7-15(11(8)16)14-4-2-3-5-14/h2-7H,1H3. The predicted octanol–water partition coefficient (Wildman–Crippen LogP) is 1.36. The van der Waals surface area contributed by atoms with Gasteiger partial charge in [0.25, 0.3) is 5.56 Å².